The molecule has 1 N–H and O–H groups in total. The number of amides is 1. The molecule has 26 heavy (non-hydrogen) atoms. The summed E-state index contributed by atoms with van der Waals surface area (Å²) in [6.45, 7) is 6.50. The highest BCUT2D eigenvalue weighted by molar-refractivity contribution is 7.07. The Morgan fingerprint density at radius 1 is 1.35 bits per heavy atom. The number of likely N-dealkylation sites (N-methyl/N-ethyl adjacent to an activating group) is 1. The van der Waals surface area contributed by atoms with Crippen LogP contribution in [0.1, 0.15) is 12.0 Å². The molecule has 2 rings (SSSR count). The molecular weight excluding hydrogens is 350 g/mol. The molecule has 2 heterocycles. The number of carbonyl (C=O) groups is 1. The molecule has 0 spiro atoms. The zero-order chi connectivity index (χ0) is 18.8. The second-order valence-electron chi connectivity index (χ2n) is 6.65. The van der Waals surface area contributed by atoms with Gasteiger partial charge in [-0.1, -0.05) is 0 Å². The average Bonchev–Trinajstić information content (AvgIpc) is 3.14. The molecule has 1 aromatic rings. The van der Waals surface area contributed by atoms with E-state index in [-0.39, 0.29) is 12.5 Å². The number of hydrogen-bond acceptors (Lipinski definition) is 5. The first-order valence-electron chi connectivity index (χ1n) is 9.07. The normalized spacial score (nSPS) is 15.7. The predicted octanol–water partition coefficient (Wildman–Crippen LogP) is 0.936. The van der Waals surface area contributed by atoms with Gasteiger partial charge in [0.1, 0.15) is 6.54 Å². The fourth-order valence-electron chi connectivity index (χ4n) is 2.65. The summed E-state index contributed by atoms with van der Waals surface area (Å²) in [5.41, 5.74) is 1.25. The van der Waals surface area contributed by atoms with E-state index < -0.39 is 0 Å². The third kappa shape index (κ3) is 7.31. The lowest BCUT2D eigenvalue weighted by Crippen LogP contribution is -2.41. The topological polar surface area (TPSA) is 60.4 Å². The summed E-state index contributed by atoms with van der Waals surface area (Å²) < 4.78 is 5.38. The van der Waals surface area contributed by atoms with Crippen LogP contribution < -0.4 is 5.32 Å². The number of aliphatic imine (C=N–C) groups is 1. The molecule has 0 aliphatic carbocycles. The molecule has 1 saturated heterocycles. The van der Waals surface area contributed by atoms with E-state index in [2.05, 4.69) is 36.9 Å². The standard InChI is InChI=1S/C18H31N5O2S/c1-21(2)17(24)13-20-18(22(3)14-16-5-12-26-15-16)19-6-4-7-23-8-10-25-11-9-23/h5,12,15H,4,6-11,13-14H2,1-3H3,(H,19,20). The van der Waals surface area contributed by atoms with Gasteiger partial charge in [0, 0.05) is 47.3 Å². The molecule has 1 aliphatic heterocycles. The molecule has 1 amide bonds. The van der Waals surface area contributed by atoms with Crippen molar-refractivity contribution < 1.29 is 9.53 Å². The summed E-state index contributed by atoms with van der Waals surface area (Å²) in [4.78, 5) is 22.5. The van der Waals surface area contributed by atoms with Crippen LogP contribution in [-0.2, 0) is 16.1 Å². The molecule has 1 fully saturated rings. The SMILES string of the molecule is CN(C)C(=O)CN=C(NCCCN1CCOCC1)N(C)Cc1ccsc1. The van der Waals surface area contributed by atoms with Gasteiger partial charge in [0.05, 0.1) is 13.2 Å². The number of carbonyl (C=O) groups excluding carboxylic acids is 1. The molecule has 0 unspecified atom stereocenters. The van der Waals surface area contributed by atoms with E-state index in [1.807, 2.05) is 7.05 Å². The molecule has 0 atom stereocenters. The third-order valence-corrected chi connectivity index (χ3v) is 4.99. The minimum Gasteiger partial charge on any atom is -0.379 e. The zero-order valence-electron chi connectivity index (χ0n) is 16.1. The van der Waals surface area contributed by atoms with Crippen LogP contribution in [0.5, 0.6) is 0 Å². The van der Waals surface area contributed by atoms with Crippen molar-refractivity contribution in [3.05, 3.63) is 22.4 Å². The first-order valence-corrected chi connectivity index (χ1v) is 10.0. The van der Waals surface area contributed by atoms with Crippen molar-refractivity contribution in [2.24, 2.45) is 4.99 Å². The number of nitrogens with zero attached hydrogens (tertiary/aromatic N) is 4. The van der Waals surface area contributed by atoms with E-state index in [9.17, 15) is 4.79 Å². The Morgan fingerprint density at radius 2 is 2.12 bits per heavy atom. The Morgan fingerprint density at radius 3 is 2.77 bits per heavy atom. The van der Waals surface area contributed by atoms with E-state index in [1.54, 1.807) is 30.3 Å². The van der Waals surface area contributed by atoms with E-state index in [1.165, 1.54) is 5.56 Å². The van der Waals surface area contributed by atoms with Crippen molar-refractivity contribution >= 4 is 23.2 Å². The Hall–Kier alpha value is -1.64. The number of ether oxygens (including phenoxy) is 1. The number of guanidine groups is 1. The summed E-state index contributed by atoms with van der Waals surface area (Å²) >= 11 is 1.69. The molecule has 1 aliphatic rings. The van der Waals surface area contributed by atoms with Crippen LogP contribution in [0.3, 0.4) is 0 Å². The van der Waals surface area contributed by atoms with Gasteiger partial charge >= 0.3 is 0 Å². The lowest BCUT2D eigenvalue weighted by atomic mass is 10.3. The molecule has 146 valence electrons. The van der Waals surface area contributed by atoms with Crippen molar-refractivity contribution in [2.45, 2.75) is 13.0 Å². The van der Waals surface area contributed by atoms with Gasteiger partial charge in [0.2, 0.25) is 5.91 Å². The van der Waals surface area contributed by atoms with E-state index in [0.717, 1.165) is 58.3 Å². The number of hydrogen-bond donors (Lipinski definition) is 1. The number of morpholine rings is 1. The van der Waals surface area contributed by atoms with Crippen molar-refractivity contribution in [3.63, 3.8) is 0 Å². The monoisotopic (exact) mass is 381 g/mol. The van der Waals surface area contributed by atoms with Crippen LogP contribution in [0.25, 0.3) is 0 Å². The molecule has 0 saturated carbocycles. The summed E-state index contributed by atoms with van der Waals surface area (Å²) in [7, 11) is 5.51. The maximum atomic E-state index is 11.9. The fraction of sp³-hybridized carbons (Fsp3) is 0.667. The lowest BCUT2D eigenvalue weighted by Gasteiger charge is -2.27. The molecular formula is C18H31N5O2S. The Bertz CT molecular complexity index is 556. The Kier molecular flexibility index (Phi) is 8.87. The van der Waals surface area contributed by atoms with Crippen molar-refractivity contribution in [3.8, 4) is 0 Å². The molecule has 0 radical (unpaired) electrons. The van der Waals surface area contributed by atoms with Crippen molar-refractivity contribution in [1.29, 1.82) is 0 Å². The first kappa shape index (κ1) is 20.7. The molecule has 0 bridgehead atoms. The average molecular weight is 382 g/mol. The van der Waals surface area contributed by atoms with Gasteiger partial charge in [-0.25, -0.2) is 4.99 Å². The lowest BCUT2D eigenvalue weighted by molar-refractivity contribution is -0.127. The van der Waals surface area contributed by atoms with Gasteiger partial charge < -0.3 is 19.9 Å². The van der Waals surface area contributed by atoms with Crippen molar-refractivity contribution in [2.75, 3.05) is 67.1 Å². The van der Waals surface area contributed by atoms with E-state index in [4.69, 9.17) is 4.74 Å². The molecule has 8 heteroatoms. The highest BCUT2D eigenvalue weighted by Crippen LogP contribution is 2.08. The molecule has 1 aromatic heterocycles. The van der Waals surface area contributed by atoms with Gasteiger partial charge in [-0.15, -0.1) is 0 Å². The quantitative estimate of drug-likeness (QED) is 0.413. The summed E-state index contributed by atoms with van der Waals surface area (Å²) in [6, 6.07) is 2.11. The fourth-order valence-corrected chi connectivity index (χ4v) is 3.31. The second kappa shape index (κ2) is 11.2. The molecule has 7 nitrogen and oxygen atoms in total. The van der Waals surface area contributed by atoms with Gasteiger partial charge in [-0.2, -0.15) is 11.3 Å². The minimum absolute atomic E-state index is 0.00144. The van der Waals surface area contributed by atoms with Crippen LogP contribution in [-0.4, -0.2) is 93.6 Å². The summed E-state index contributed by atoms with van der Waals surface area (Å²) in [5, 5.41) is 7.63. The number of rotatable bonds is 8. The van der Waals surface area contributed by atoms with Gasteiger partial charge in [0.25, 0.3) is 0 Å². The zero-order valence-corrected chi connectivity index (χ0v) is 16.9. The van der Waals surface area contributed by atoms with Crippen LogP contribution >= 0.6 is 11.3 Å². The van der Waals surface area contributed by atoms with Crippen LogP contribution in [0.4, 0.5) is 0 Å². The number of thiophene rings is 1. The van der Waals surface area contributed by atoms with Crippen LogP contribution in [0.2, 0.25) is 0 Å². The Labute approximate surface area is 160 Å². The minimum atomic E-state index is 0.00144. The van der Waals surface area contributed by atoms with Gasteiger partial charge in [-0.3, -0.25) is 9.69 Å². The second-order valence-corrected chi connectivity index (χ2v) is 7.43. The van der Waals surface area contributed by atoms with E-state index >= 15 is 0 Å². The first-order chi connectivity index (χ1) is 12.6. The van der Waals surface area contributed by atoms with Crippen molar-refractivity contribution in [1.82, 2.24) is 20.0 Å². The summed E-state index contributed by atoms with van der Waals surface area (Å²) in [5.74, 6) is 0.773. The smallest absolute Gasteiger partial charge is 0.243 e. The number of nitrogens with one attached hydrogen (secondary N) is 1. The maximum absolute atomic E-state index is 11.9. The highest BCUT2D eigenvalue weighted by Gasteiger charge is 2.12. The highest BCUT2D eigenvalue weighted by atomic mass is 32.1. The summed E-state index contributed by atoms with van der Waals surface area (Å²) in [6.07, 6.45) is 1.03. The van der Waals surface area contributed by atoms with Gasteiger partial charge in [0.15, 0.2) is 5.96 Å². The van der Waals surface area contributed by atoms with Crippen LogP contribution in [0.15, 0.2) is 21.8 Å². The van der Waals surface area contributed by atoms with Crippen LogP contribution in [0, 0.1) is 0 Å². The van der Waals surface area contributed by atoms with E-state index in [0.29, 0.717) is 0 Å². The largest absolute Gasteiger partial charge is 0.379 e. The third-order valence-electron chi connectivity index (χ3n) is 4.26. The maximum Gasteiger partial charge on any atom is 0.243 e. The van der Waals surface area contributed by atoms with Gasteiger partial charge in [-0.05, 0) is 35.4 Å². The molecule has 0 aromatic carbocycles. The Balaban J connectivity index is 1.84. The predicted molar refractivity (Wildman–Crippen MR) is 107 cm³/mol.